The molecule has 0 saturated heterocycles. The normalized spacial score (nSPS) is 8.33. The molecule has 0 aliphatic rings. The number of nitrogens with zero attached hydrogens (tertiary/aromatic N) is 1. The molecule has 0 amide bonds. The van der Waals surface area contributed by atoms with Gasteiger partial charge in [-0.15, -0.1) is 0 Å². The molecule has 0 atom stereocenters. The van der Waals surface area contributed by atoms with Crippen LogP contribution in [0.1, 0.15) is 5.76 Å². The van der Waals surface area contributed by atoms with Gasteiger partial charge in [-0.1, -0.05) is 0 Å². The Kier molecular flexibility index (Phi) is 1.32. The Labute approximate surface area is 51.2 Å². The van der Waals surface area contributed by atoms with Gasteiger partial charge in [0.2, 0.25) is 5.76 Å². The highest BCUT2D eigenvalue weighted by molar-refractivity contribution is 5.14. The molecule has 1 heterocycles. The van der Waals surface area contributed by atoms with Crippen LogP contribution in [0.15, 0.2) is 27.6 Å². The molecule has 1 aromatic heterocycles. The first-order chi connectivity index (χ1) is 4.33. The molecule has 3 heteroatoms. The second-order valence-electron chi connectivity index (χ2n) is 1.44. The van der Waals surface area contributed by atoms with Crippen LogP contribution in [0.25, 0.3) is 0 Å². The van der Waals surface area contributed by atoms with Crippen molar-refractivity contribution >= 4 is 0 Å². The topological polar surface area (TPSA) is 54.0 Å². The zero-order chi connectivity index (χ0) is 6.69. The number of nitriles is 1. The minimum absolute atomic E-state index is 0.0440. The molecule has 0 radical (unpaired) electrons. The molecule has 0 fully saturated rings. The lowest BCUT2D eigenvalue weighted by molar-refractivity contribution is 0.533. The molecule has 0 saturated carbocycles. The Morgan fingerprint density at radius 1 is 1.67 bits per heavy atom. The summed E-state index contributed by atoms with van der Waals surface area (Å²) in [5.74, 6) is 0.0440. The van der Waals surface area contributed by atoms with Crippen molar-refractivity contribution in [1.82, 2.24) is 0 Å². The summed E-state index contributed by atoms with van der Waals surface area (Å²) in [6, 6.07) is 4.09. The monoisotopic (exact) mass is 121 g/mol. The molecule has 0 bridgehead atoms. The smallest absolute Gasteiger partial charge is 0.207 e. The third-order valence-corrected chi connectivity index (χ3v) is 0.811. The summed E-state index contributed by atoms with van der Waals surface area (Å²) < 4.78 is 4.60. The second kappa shape index (κ2) is 2.14. The molecule has 0 aliphatic carbocycles. The number of rotatable bonds is 0. The second-order valence-corrected chi connectivity index (χ2v) is 1.44. The molecule has 0 spiro atoms. The van der Waals surface area contributed by atoms with E-state index in [-0.39, 0.29) is 11.2 Å². The SMILES string of the molecule is N#Cc1cc(=O)cco1. The maximum Gasteiger partial charge on any atom is 0.207 e. The van der Waals surface area contributed by atoms with Gasteiger partial charge in [0.15, 0.2) is 5.43 Å². The third kappa shape index (κ3) is 1.16. The van der Waals surface area contributed by atoms with Gasteiger partial charge < -0.3 is 4.42 Å². The van der Waals surface area contributed by atoms with Crippen molar-refractivity contribution in [3.8, 4) is 6.07 Å². The lowest BCUT2D eigenvalue weighted by atomic mass is 10.4. The maximum atomic E-state index is 10.4. The van der Waals surface area contributed by atoms with Crippen LogP contribution in [0.3, 0.4) is 0 Å². The maximum absolute atomic E-state index is 10.4. The summed E-state index contributed by atoms with van der Waals surface area (Å²) in [5, 5.41) is 8.18. The van der Waals surface area contributed by atoms with E-state index in [1.807, 2.05) is 0 Å². The first kappa shape index (κ1) is 5.57. The van der Waals surface area contributed by atoms with Gasteiger partial charge in [-0.3, -0.25) is 4.79 Å². The van der Waals surface area contributed by atoms with Crippen molar-refractivity contribution < 1.29 is 4.42 Å². The van der Waals surface area contributed by atoms with Gasteiger partial charge in [0.25, 0.3) is 0 Å². The van der Waals surface area contributed by atoms with E-state index in [2.05, 4.69) is 4.42 Å². The van der Waals surface area contributed by atoms with E-state index in [0.717, 1.165) is 6.07 Å². The van der Waals surface area contributed by atoms with E-state index in [1.165, 1.54) is 12.3 Å². The predicted molar refractivity (Wildman–Crippen MR) is 29.7 cm³/mol. The van der Waals surface area contributed by atoms with Gasteiger partial charge in [-0.25, -0.2) is 0 Å². The zero-order valence-electron chi connectivity index (χ0n) is 4.50. The average Bonchev–Trinajstić information content (AvgIpc) is 1.88. The fraction of sp³-hybridized carbons (Fsp3) is 0. The van der Waals surface area contributed by atoms with E-state index in [4.69, 9.17) is 5.26 Å². The van der Waals surface area contributed by atoms with Gasteiger partial charge in [-0.05, 0) is 0 Å². The minimum Gasteiger partial charge on any atom is -0.454 e. The molecule has 1 aromatic rings. The van der Waals surface area contributed by atoms with E-state index < -0.39 is 0 Å². The van der Waals surface area contributed by atoms with E-state index >= 15 is 0 Å². The van der Waals surface area contributed by atoms with Crippen LogP contribution in [-0.2, 0) is 0 Å². The van der Waals surface area contributed by atoms with Crippen molar-refractivity contribution in [3.05, 3.63) is 34.4 Å². The molecule has 44 valence electrons. The lowest BCUT2D eigenvalue weighted by Gasteiger charge is -1.81. The first-order valence-corrected chi connectivity index (χ1v) is 2.32. The molecule has 9 heavy (non-hydrogen) atoms. The average molecular weight is 121 g/mol. The van der Waals surface area contributed by atoms with Crippen molar-refractivity contribution in [2.45, 2.75) is 0 Å². The van der Waals surface area contributed by atoms with Crippen molar-refractivity contribution in [1.29, 1.82) is 5.26 Å². The van der Waals surface area contributed by atoms with Gasteiger partial charge in [0.05, 0.1) is 6.26 Å². The third-order valence-electron chi connectivity index (χ3n) is 0.811. The van der Waals surface area contributed by atoms with E-state index in [0.29, 0.717) is 0 Å². The lowest BCUT2D eigenvalue weighted by Crippen LogP contribution is -1.94. The molecular weight excluding hydrogens is 118 g/mol. The van der Waals surface area contributed by atoms with Gasteiger partial charge in [-0.2, -0.15) is 5.26 Å². The Bertz CT molecular complexity index is 294. The van der Waals surface area contributed by atoms with E-state index in [1.54, 1.807) is 6.07 Å². The molecule has 3 nitrogen and oxygen atoms in total. The molecule has 0 aliphatic heterocycles. The Hall–Kier alpha value is -1.56. The summed E-state index contributed by atoms with van der Waals surface area (Å²) in [7, 11) is 0. The van der Waals surface area contributed by atoms with Crippen LogP contribution in [0.4, 0.5) is 0 Å². The summed E-state index contributed by atoms with van der Waals surface area (Å²) in [6.45, 7) is 0. The fourth-order valence-electron chi connectivity index (χ4n) is 0.444. The Morgan fingerprint density at radius 2 is 2.44 bits per heavy atom. The predicted octanol–water partition coefficient (Wildman–Crippen LogP) is 0.511. The summed E-state index contributed by atoms with van der Waals surface area (Å²) in [4.78, 5) is 10.4. The van der Waals surface area contributed by atoms with Gasteiger partial charge >= 0.3 is 0 Å². The first-order valence-electron chi connectivity index (χ1n) is 2.32. The van der Waals surface area contributed by atoms with E-state index in [9.17, 15) is 4.79 Å². The van der Waals surface area contributed by atoms with Crippen molar-refractivity contribution in [2.24, 2.45) is 0 Å². The van der Waals surface area contributed by atoms with Crippen LogP contribution >= 0.6 is 0 Å². The molecule has 1 rings (SSSR count). The zero-order valence-corrected chi connectivity index (χ0v) is 4.50. The number of hydrogen-bond donors (Lipinski definition) is 0. The number of hydrogen-bond acceptors (Lipinski definition) is 3. The highest BCUT2D eigenvalue weighted by atomic mass is 16.3. The Balaban J connectivity index is 3.28. The highest BCUT2D eigenvalue weighted by Crippen LogP contribution is 1.88. The van der Waals surface area contributed by atoms with Crippen LogP contribution in [0.2, 0.25) is 0 Å². The van der Waals surface area contributed by atoms with Crippen LogP contribution in [0, 0.1) is 11.3 Å². The van der Waals surface area contributed by atoms with Gasteiger partial charge in [0, 0.05) is 12.1 Å². The summed E-state index contributed by atoms with van der Waals surface area (Å²) in [5.41, 5.74) is -0.210. The highest BCUT2D eigenvalue weighted by Gasteiger charge is 1.89. The van der Waals surface area contributed by atoms with Gasteiger partial charge in [0.1, 0.15) is 6.07 Å². The largest absolute Gasteiger partial charge is 0.454 e. The fourth-order valence-corrected chi connectivity index (χ4v) is 0.444. The molecule has 0 aromatic carbocycles. The van der Waals surface area contributed by atoms with Crippen LogP contribution in [-0.4, -0.2) is 0 Å². The minimum atomic E-state index is -0.210. The van der Waals surface area contributed by atoms with Crippen LogP contribution in [0.5, 0.6) is 0 Å². The molecular formula is C6H3NO2. The summed E-state index contributed by atoms with van der Waals surface area (Å²) in [6.07, 6.45) is 1.20. The molecule has 0 N–H and O–H groups in total. The van der Waals surface area contributed by atoms with Crippen molar-refractivity contribution in [2.75, 3.05) is 0 Å². The van der Waals surface area contributed by atoms with Crippen LogP contribution < -0.4 is 5.43 Å². The quantitative estimate of drug-likeness (QED) is 0.502. The standard InChI is InChI=1S/C6H3NO2/c7-4-6-3-5(8)1-2-9-6/h1-3H. The molecule has 0 unspecified atom stereocenters. The van der Waals surface area contributed by atoms with Crippen molar-refractivity contribution in [3.63, 3.8) is 0 Å². The Morgan fingerprint density at radius 3 is 2.89 bits per heavy atom. The summed E-state index contributed by atoms with van der Waals surface area (Å²) >= 11 is 0.